The summed E-state index contributed by atoms with van der Waals surface area (Å²) >= 11 is 1.65. The van der Waals surface area contributed by atoms with E-state index in [1.165, 1.54) is 15.9 Å². The highest BCUT2D eigenvalue weighted by molar-refractivity contribution is 7.19. The van der Waals surface area contributed by atoms with Crippen molar-refractivity contribution in [3.05, 3.63) is 74.6 Å². The van der Waals surface area contributed by atoms with Crippen LogP contribution in [0.4, 0.5) is 5.69 Å². The summed E-state index contributed by atoms with van der Waals surface area (Å²) < 4.78 is 2.60. The molecule has 0 unspecified atom stereocenters. The molecule has 6 rings (SSSR count). The Morgan fingerprint density at radius 1 is 1.20 bits per heavy atom. The minimum absolute atomic E-state index is 0.0995. The Hall–Kier alpha value is -3.54. The van der Waals surface area contributed by atoms with Crippen LogP contribution in [0, 0.1) is 11.3 Å². The average molecular weight is 553 g/mol. The van der Waals surface area contributed by atoms with Crippen LogP contribution in [0.25, 0.3) is 21.3 Å². The standard InChI is InChI=1S/C32H36N6OS/c1-31(2,3)22-13-28(39)38(36-17-22)19-24-14-27-30(40-24)25(8-9-34-27)26-12-20(16-33)11-21-7-6-10-37(29(21)26)23-15-32(4,5)35-18-23/h8-9,11-14,17,23,35H,6-7,10,15,18-19H2,1-5H3/t23-/m0/s1. The van der Waals surface area contributed by atoms with E-state index in [0.29, 0.717) is 18.2 Å². The molecule has 8 heteroatoms. The number of nitriles is 1. The molecule has 0 spiro atoms. The summed E-state index contributed by atoms with van der Waals surface area (Å²) in [5, 5.41) is 18.1. The Morgan fingerprint density at radius 2 is 2.02 bits per heavy atom. The highest BCUT2D eigenvalue weighted by atomic mass is 32.1. The van der Waals surface area contributed by atoms with Crippen molar-refractivity contribution in [1.29, 1.82) is 5.26 Å². The fraction of sp³-hybridized carbons (Fsp3) is 0.438. The summed E-state index contributed by atoms with van der Waals surface area (Å²) in [6.07, 6.45) is 6.79. The van der Waals surface area contributed by atoms with E-state index < -0.39 is 0 Å². The van der Waals surface area contributed by atoms with Crippen LogP contribution in [0.3, 0.4) is 0 Å². The molecule has 0 radical (unpaired) electrons. The number of benzene rings is 1. The van der Waals surface area contributed by atoms with Crippen LogP contribution in [-0.4, -0.2) is 39.4 Å². The summed E-state index contributed by atoms with van der Waals surface area (Å²) in [5.74, 6) is 0. The van der Waals surface area contributed by atoms with E-state index in [2.05, 4.69) is 85.3 Å². The molecule has 1 aromatic carbocycles. The Bertz CT molecular complexity index is 1700. The molecule has 0 saturated carbocycles. The molecular formula is C32H36N6OS. The third-order valence-corrected chi connectivity index (χ3v) is 9.39. The van der Waals surface area contributed by atoms with Crippen molar-refractivity contribution in [2.45, 2.75) is 77.4 Å². The largest absolute Gasteiger partial charge is 0.366 e. The van der Waals surface area contributed by atoms with Crippen LogP contribution < -0.4 is 15.8 Å². The molecular weight excluding hydrogens is 516 g/mol. The van der Waals surface area contributed by atoms with E-state index in [1.54, 1.807) is 23.6 Å². The summed E-state index contributed by atoms with van der Waals surface area (Å²) in [7, 11) is 0. The van der Waals surface area contributed by atoms with Gasteiger partial charge in [0.2, 0.25) is 0 Å². The van der Waals surface area contributed by atoms with Gasteiger partial charge in [-0.15, -0.1) is 11.3 Å². The summed E-state index contributed by atoms with van der Waals surface area (Å²) in [6, 6.07) is 12.8. The average Bonchev–Trinajstić information content (AvgIpc) is 3.50. The maximum Gasteiger partial charge on any atom is 0.267 e. The zero-order valence-electron chi connectivity index (χ0n) is 23.9. The molecule has 7 nitrogen and oxygen atoms in total. The van der Waals surface area contributed by atoms with Gasteiger partial charge in [-0.05, 0) is 73.9 Å². The zero-order chi connectivity index (χ0) is 28.2. The van der Waals surface area contributed by atoms with Gasteiger partial charge in [0.15, 0.2) is 0 Å². The first-order valence-electron chi connectivity index (χ1n) is 14.1. The monoisotopic (exact) mass is 552 g/mol. The van der Waals surface area contributed by atoms with Gasteiger partial charge in [0, 0.05) is 58.6 Å². The second kappa shape index (κ2) is 9.83. The fourth-order valence-corrected chi connectivity index (χ4v) is 7.27. The molecule has 206 valence electrons. The minimum atomic E-state index is -0.128. The van der Waals surface area contributed by atoms with Gasteiger partial charge >= 0.3 is 0 Å². The van der Waals surface area contributed by atoms with Crippen LogP contribution in [0.2, 0.25) is 0 Å². The normalized spacial score (nSPS) is 18.6. The molecule has 0 aliphatic carbocycles. The second-order valence-electron chi connectivity index (χ2n) is 12.8. The van der Waals surface area contributed by atoms with Crippen molar-refractivity contribution in [1.82, 2.24) is 20.1 Å². The van der Waals surface area contributed by atoms with Crippen LogP contribution in [0.15, 0.2) is 47.5 Å². The predicted octanol–water partition coefficient (Wildman–Crippen LogP) is 5.63. The number of hydrogen-bond acceptors (Lipinski definition) is 7. The van der Waals surface area contributed by atoms with E-state index >= 15 is 0 Å². The third kappa shape index (κ3) is 4.93. The first kappa shape index (κ1) is 26.7. The number of anilines is 1. The van der Waals surface area contributed by atoms with Gasteiger partial charge in [0.25, 0.3) is 5.56 Å². The lowest BCUT2D eigenvalue weighted by Gasteiger charge is -2.38. The predicted molar refractivity (Wildman–Crippen MR) is 162 cm³/mol. The number of nitrogens with one attached hydrogen (secondary N) is 1. The number of fused-ring (bicyclic) bond motifs is 2. The first-order chi connectivity index (χ1) is 19.0. The van der Waals surface area contributed by atoms with Crippen LogP contribution >= 0.6 is 11.3 Å². The molecule has 5 heterocycles. The highest BCUT2D eigenvalue weighted by Gasteiger charge is 2.36. The van der Waals surface area contributed by atoms with Gasteiger partial charge in [-0.25, -0.2) is 4.68 Å². The van der Waals surface area contributed by atoms with Crippen LogP contribution in [-0.2, 0) is 18.4 Å². The highest BCUT2D eigenvalue weighted by Crippen LogP contribution is 2.44. The Labute approximate surface area is 239 Å². The van der Waals surface area contributed by atoms with Gasteiger partial charge in [0.1, 0.15) is 0 Å². The number of nitrogens with zero attached hydrogens (tertiary/aromatic N) is 5. The number of hydrogen-bond donors (Lipinski definition) is 1. The van der Waals surface area contributed by atoms with Crippen molar-refractivity contribution in [2.24, 2.45) is 0 Å². The smallest absolute Gasteiger partial charge is 0.267 e. The van der Waals surface area contributed by atoms with Crippen LogP contribution in [0.1, 0.15) is 69.0 Å². The van der Waals surface area contributed by atoms with E-state index in [4.69, 9.17) is 0 Å². The maximum absolute atomic E-state index is 12.9. The fourth-order valence-electron chi connectivity index (χ4n) is 6.15. The van der Waals surface area contributed by atoms with E-state index in [0.717, 1.165) is 64.1 Å². The number of pyridine rings is 1. The van der Waals surface area contributed by atoms with Gasteiger partial charge in [-0.3, -0.25) is 9.78 Å². The zero-order valence-corrected chi connectivity index (χ0v) is 24.7. The summed E-state index contributed by atoms with van der Waals surface area (Å²) in [5.41, 5.74) is 7.11. The van der Waals surface area contributed by atoms with Crippen molar-refractivity contribution in [3.8, 4) is 17.2 Å². The SMILES string of the molecule is CC1(C)C[C@H](N2CCCc3cc(C#N)cc(-c4ccnc5cc(Cn6ncc(C(C)(C)C)cc6=O)sc45)c32)CN1. The molecule has 4 aromatic rings. The maximum atomic E-state index is 12.9. The first-order valence-corrected chi connectivity index (χ1v) is 14.9. The molecule has 1 atom stereocenters. The Balaban J connectivity index is 1.43. The number of thiophene rings is 1. The van der Waals surface area contributed by atoms with Gasteiger partial charge < -0.3 is 10.2 Å². The number of rotatable bonds is 4. The lowest BCUT2D eigenvalue weighted by Crippen LogP contribution is -2.40. The van der Waals surface area contributed by atoms with Gasteiger partial charge in [-0.2, -0.15) is 10.4 Å². The van der Waals surface area contributed by atoms with Crippen molar-refractivity contribution in [3.63, 3.8) is 0 Å². The van der Waals surface area contributed by atoms with E-state index in [-0.39, 0.29) is 16.5 Å². The molecule has 2 aliphatic rings. The van der Waals surface area contributed by atoms with Crippen LogP contribution in [0.5, 0.6) is 0 Å². The third-order valence-electron chi connectivity index (χ3n) is 8.25. The molecule has 2 aliphatic heterocycles. The molecule has 0 amide bonds. The van der Waals surface area contributed by atoms with E-state index in [1.807, 2.05) is 6.20 Å². The molecule has 1 saturated heterocycles. The Morgan fingerprint density at radius 3 is 2.73 bits per heavy atom. The van der Waals surface area contributed by atoms with Gasteiger partial charge in [-0.1, -0.05) is 20.8 Å². The number of aromatic nitrogens is 3. The second-order valence-corrected chi connectivity index (χ2v) is 14.0. The Kier molecular flexibility index (Phi) is 6.55. The van der Waals surface area contributed by atoms with Gasteiger partial charge in [0.05, 0.1) is 34.6 Å². The molecule has 40 heavy (non-hydrogen) atoms. The molecule has 1 N–H and O–H groups in total. The molecule has 3 aromatic heterocycles. The lowest BCUT2D eigenvalue weighted by atomic mass is 9.89. The van der Waals surface area contributed by atoms with Crippen molar-refractivity contribution in [2.75, 3.05) is 18.0 Å². The molecule has 1 fully saturated rings. The summed E-state index contributed by atoms with van der Waals surface area (Å²) in [4.78, 5) is 21.2. The lowest BCUT2D eigenvalue weighted by molar-refractivity contribution is 0.450. The quantitative estimate of drug-likeness (QED) is 0.353. The minimum Gasteiger partial charge on any atom is -0.366 e. The van der Waals surface area contributed by atoms with E-state index in [9.17, 15) is 10.1 Å². The summed E-state index contributed by atoms with van der Waals surface area (Å²) in [6.45, 7) is 13.2. The topological polar surface area (TPSA) is 86.8 Å². The van der Waals surface area contributed by atoms with Crippen molar-refractivity contribution >= 4 is 27.2 Å². The molecule has 0 bridgehead atoms. The number of aryl methyl sites for hydroxylation is 1. The van der Waals surface area contributed by atoms with Crippen molar-refractivity contribution < 1.29 is 0 Å².